The molecule has 0 spiro atoms. The van der Waals surface area contributed by atoms with Crippen molar-refractivity contribution in [2.45, 2.75) is 20.0 Å². The second kappa shape index (κ2) is 9.34. The summed E-state index contributed by atoms with van der Waals surface area (Å²) in [5.74, 6) is 1.20. The maximum Gasteiger partial charge on any atom is 0.293 e. The number of nitrogens with one attached hydrogen (secondary N) is 1. The van der Waals surface area contributed by atoms with Crippen LogP contribution < -0.4 is 20.3 Å². The molecule has 0 saturated heterocycles. The molecule has 4 aromatic rings. The summed E-state index contributed by atoms with van der Waals surface area (Å²) in [6.45, 7) is 2.67. The van der Waals surface area contributed by atoms with Crippen LogP contribution >= 0.6 is 0 Å². The Morgan fingerprint density at radius 2 is 1.78 bits per heavy atom. The van der Waals surface area contributed by atoms with Gasteiger partial charge in [-0.3, -0.25) is 9.59 Å². The molecule has 4 rings (SSSR count). The van der Waals surface area contributed by atoms with Crippen molar-refractivity contribution in [1.29, 1.82) is 0 Å². The van der Waals surface area contributed by atoms with Gasteiger partial charge in [-0.25, -0.2) is 9.20 Å². The van der Waals surface area contributed by atoms with Crippen LogP contribution in [-0.4, -0.2) is 39.0 Å². The van der Waals surface area contributed by atoms with Gasteiger partial charge in [0.2, 0.25) is 5.91 Å². The van der Waals surface area contributed by atoms with Crippen LogP contribution in [0.4, 0.5) is 0 Å². The smallest absolute Gasteiger partial charge is 0.293 e. The molecule has 2 aromatic heterocycles. The van der Waals surface area contributed by atoms with Crippen LogP contribution in [0.5, 0.6) is 11.5 Å². The summed E-state index contributed by atoms with van der Waals surface area (Å²) in [5, 5.41) is 11.3. The minimum absolute atomic E-state index is 0.185. The lowest BCUT2D eigenvalue weighted by Gasteiger charge is -2.07. The number of benzene rings is 2. The van der Waals surface area contributed by atoms with Crippen LogP contribution in [-0.2, 0) is 17.9 Å². The van der Waals surface area contributed by atoms with E-state index in [2.05, 4.69) is 15.5 Å². The summed E-state index contributed by atoms with van der Waals surface area (Å²) >= 11 is 0. The van der Waals surface area contributed by atoms with E-state index in [0.717, 1.165) is 27.3 Å². The quantitative estimate of drug-likeness (QED) is 0.458. The number of nitrogens with zero attached hydrogens (tertiary/aromatic N) is 4. The molecular formula is C23H23N5O4. The van der Waals surface area contributed by atoms with E-state index in [9.17, 15) is 9.59 Å². The van der Waals surface area contributed by atoms with Crippen LogP contribution in [0, 0.1) is 0 Å². The van der Waals surface area contributed by atoms with Gasteiger partial charge >= 0.3 is 0 Å². The fourth-order valence-electron chi connectivity index (χ4n) is 3.22. The lowest BCUT2D eigenvalue weighted by atomic mass is 10.1. The molecule has 0 aliphatic heterocycles. The molecule has 2 aromatic carbocycles. The monoisotopic (exact) mass is 433 g/mol. The first-order valence-electron chi connectivity index (χ1n) is 10.2. The summed E-state index contributed by atoms with van der Waals surface area (Å²) in [5.41, 5.74) is 2.35. The standard InChI is InChI=1S/C23H23N5O4/c1-3-32-19-10-6-17(7-11-19)20-12-21-23(30)27(25-15-28(21)26-20)14-22(29)24-13-16-4-8-18(31-2)9-5-16/h4-12,15H,3,13-14H2,1-2H3,(H,24,29). The van der Waals surface area contributed by atoms with Crippen LogP contribution in [0.25, 0.3) is 16.8 Å². The van der Waals surface area contributed by atoms with Gasteiger partial charge in [0.15, 0.2) is 0 Å². The van der Waals surface area contributed by atoms with Crippen molar-refractivity contribution in [3.63, 3.8) is 0 Å². The zero-order valence-electron chi connectivity index (χ0n) is 17.8. The van der Waals surface area contributed by atoms with E-state index in [4.69, 9.17) is 9.47 Å². The summed E-state index contributed by atoms with van der Waals surface area (Å²) in [6.07, 6.45) is 1.42. The Hall–Kier alpha value is -4.14. The first-order valence-corrected chi connectivity index (χ1v) is 10.2. The molecule has 1 N–H and O–H groups in total. The molecule has 9 nitrogen and oxygen atoms in total. The lowest BCUT2D eigenvalue weighted by Crippen LogP contribution is -2.34. The minimum atomic E-state index is -0.392. The Bertz CT molecular complexity index is 1280. The van der Waals surface area contributed by atoms with Crippen molar-refractivity contribution >= 4 is 11.4 Å². The molecule has 164 valence electrons. The summed E-state index contributed by atoms with van der Waals surface area (Å²) in [7, 11) is 1.60. The molecule has 9 heteroatoms. The maximum atomic E-state index is 12.8. The summed E-state index contributed by atoms with van der Waals surface area (Å²) in [4.78, 5) is 25.2. The Labute approximate surface area is 184 Å². The average molecular weight is 433 g/mol. The third-order valence-electron chi connectivity index (χ3n) is 4.89. The normalized spacial score (nSPS) is 10.8. The van der Waals surface area contributed by atoms with Gasteiger partial charge < -0.3 is 14.8 Å². The second-order valence-corrected chi connectivity index (χ2v) is 7.04. The number of carbonyl (C=O) groups is 1. The predicted octanol–water partition coefficient (Wildman–Crippen LogP) is 2.28. The molecule has 0 saturated carbocycles. The predicted molar refractivity (Wildman–Crippen MR) is 119 cm³/mol. The highest BCUT2D eigenvalue weighted by Crippen LogP contribution is 2.21. The number of ether oxygens (including phenoxy) is 2. The first kappa shape index (κ1) is 21.1. The van der Waals surface area contributed by atoms with Gasteiger partial charge in [0.05, 0.1) is 19.4 Å². The molecule has 0 radical (unpaired) electrons. The number of fused-ring (bicyclic) bond motifs is 1. The van der Waals surface area contributed by atoms with Gasteiger partial charge in [0.25, 0.3) is 5.56 Å². The highest BCUT2D eigenvalue weighted by Gasteiger charge is 2.12. The van der Waals surface area contributed by atoms with E-state index < -0.39 is 5.56 Å². The zero-order chi connectivity index (χ0) is 22.5. The number of methoxy groups -OCH3 is 1. The van der Waals surface area contributed by atoms with E-state index in [1.54, 1.807) is 13.2 Å². The third kappa shape index (κ3) is 4.61. The Morgan fingerprint density at radius 3 is 2.47 bits per heavy atom. The topological polar surface area (TPSA) is 99.8 Å². The van der Waals surface area contributed by atoms with Crippen LogP contribution in [0.2, 0.25) is 0 Å². The lowest BCUT2D eigenvalue weighted by molar-refractivity contribution is -0.122. The fourth-order valence-corrected chi connectivity index (χ4v) is 3.22. The van der Waals surface area contributed by atoms with Crippen LogP contribution in [0.1, 0.15) is 12.5 Å². The number of hydrogen-bond donors (Lipinski definition) is 1. The largest absolute Gasteiger partial charge is 0.497 e. The van der Waals surface area contributed by atoms with Gasteiger partial charge in [-0.1, -0.05) is 12.1 Å². The number of hydrogen-bond acceptors (Lipinski definition) is 6. The first-order chi connectivity index (χ1) is 15.6. The number of carbonyl (C=O) groups excluding carboxylic acids is 1. The molecule has 0 aliphatic carbocycles. The molecular weight excluding hydrogens is 410 g/mol. The summed E-state index contributed by atoms with van der Waals surface area (Å²) < 4.78 is 13.1. The van der Waals surface area contributed by atoms with Gasteiger partial charge in [0, 0.05) is 12.1 Å². The molecule has 32 heavy (non-hydrogen) atoms. The highest BCUT2D eigenvalue weighted by molar-refractivity contribution is 5.75. The third-order valence-corrected chi connectivity index (χ3v) is 4.89. The Balaban J connectivity index is 1.46. The number of amides is 1. The van der Waals surface area contributed by atoms with Crippen molar-refractivity contribution in [2.24, 2.45) is 0 Å². The van der Waals surface area contributed by atoms with Crippen molar-refractivity contribution < 1.29 is 14.3 Å². The Morgan fingerprint density at radius 1 is 1.06 bits per heavy atom. The molecule has 0 bridgehead atoms. The Kier molecular flexibility index (Phi) is 6.16. The van der Waals surface area contributed by atoms with Crippen LogP contribution in [0.15, 0.2) is 65.7 Å². The van der Waals surface area contributed by atoms with Gasteiger partial charge in [0.1, 0.15) is 29.9 Å². The molecule has 0 unspecified atom stereocenters. The minimum Gasteiger partial charge on any atom is -0.497 e. The number of rotatable bonds is 8. The van der Waals surface area contributed by atoms with E-state index in [0.29, 0.717) is 24.4 Å². The van der Waals surface area contributed by atoms with E-state index >= 15 is 0 Å². The molecule has 1 amide bonds. The van der Waals surface area contributed by atoms with Gasteiger partial charge in [-0.15, -0.1) is 0 Å². The molecule has 0 atom stereocenters. The van der Waals surface area contributed by atoms with Crippen molar-refractivity contribution in [3.8, 4) is 22.8 Å². The molecule has 0 fully saturated rings. The van der Waals surface area contributed by atoms with Crippen molar-refractivity contribution in [2.75, 3.05) is 13.7 Å². The van der Waals surface area contributed by atoms with Gasteiger partial charge in [-0.2, -0.15) is 10.2 Å². The summed E-state index contributed by atoms with van der Waals surface area (Å²) in [6, 6.07) is 16.5. The van der Waals surface area contributed by atoms with Crippen molar-refractivity contribution in [3.05, 3.63) is 76.8 Å². The number of aromatic nitrogens is 4. The van der Waals surface area contributed by atoms with Crippen LogP contribution in [0.3, 0.4) is 0 Å². The molecule has 2 heterocycles. The molecule has 0 aliphatic rings. The van der Waals surface area contributed by atoms with E-state index in [1.165, 1.54) is 10.8 Å². The SMILES string of the molecule is CCOc1ccc(-c2cc3c(=O)n(CC(=O)NCc4ccc(OC)cc4)ncn3n2)cc1. The highest BCUT2D eigenvalue weighted by atomic mass is 16.5. The second-order valence-electron chi connectivity index (χ2n) is 7.04. The van der Waals surface area contributed by atoms with E-state index in [-0.39, 0.29) is 12.5 Å². The maximum absolute atomic E-state index is 12.8. The van der Waals surface area contributed by atoms with E-state index in [1.807, 2.05) is 55.5 Å². The fraction of sp³-hybridized carbons (Fsp3) is 0.217. The van der Waals surface area contributed by atoms with Gasteiger partial charge in [-0.05, 0) is 55.0 Å². The average Bonchev–Trinajstić information content (AvgIpc) is 3.26. The zero-order valence-corrected chi connectivity index (χ0v) is 17.8. The van der Waals surface area contributed by atoms with Crippen molar-refractivity contribution in [1.82, 2.24) is 24.7 Å².